The van der Waals surface area contributed by atoms with Gasteiger partial charge in [-0.05, 0) is 51.5 Å². The summed E-state index contributed by atoms with van der Waals surface area (Å²) in [4.78, 5) is 46.2. The number of cyclic esters (lactones) is 1. The quantitative estimate of drug-likeness (QED) is 0.413. The van der Waals surface area contributed by atoms with Crippen molar-refractivity contribution in [1.29, 1.82) is 0 Å². The Morgan fingerprint density at radius 3 is 2.55 bits per heavy atom. The molecule has 2 unspecified atom stereocenters. The van der Waals surface area contributed by atoms with E-state index in [0.717, 1.165) is 37.7 Å². The van der Waals surface area contributed by atoms with E-state index in [1.807, 2.05) is 73.4 Å². The number of hydrogen-bond acceptors (Lipinski definition) is 6. The molecule has 2 fully saturated rings. The van der Waals surface area contributed by atoms with Crippen LogP contribution in [0.2, 0.25) is 0 Å². The first-order valence-corrected chi connectivity index (χ1v) is 14.8. The van der Waals surface area contributed by atoms with Crippen LogP contribution in [0, 0.1) is 11.8 Å². The highest BCUT2D eigenvalue weighted by molar-refractivity contribution is 5.99. The lowest BCUT2D eigenvalue weighted by Crippen LogP contribution is -2.60. The highest BCUT2D eigenvalue weighted by Gasteiger charge is 2.75. The zero-order valence-corrected chi connectivity index (χ0v) is 23.8. The Kier molecular flexibility index (Phi) is 8.20. The highest BCUT2D eigenvalue weighted by Crippen LogP contribution is 2.57. The summed E-state index contributed by atoms with van der Waals surface area (Å²) in [6, 6.07) is 7.91. The van der Waals surface area contributed by atoms with E-state index in [-0.39, 0.29) is 31.1 Å². The van der Waals surface area contributed by atoms with Crippen molar-refractivity contribution in [3.63, 3.8) is 0 Å². The Bertz CT molecular complexity index is 1170. The SMILES string of the molecule is CCCC(C)N1CC=C[C@]23O[C@@]4(C)/C=C\CCCCOC(=O)[C@H]4[C@H]2C(=O)N([C@@H](CO)Cc2ccccc2)C3C1=O. The summed E-state index contributed by atoms with van der Waals surface area (Å²) >= 11 is 0. The molecule has 2 saturated heterocycles. The highest BCUT2D eigenvalue weighted by atomic mass is 16.6. The molecule has 4 heterocycles. The van der Waals surface area contributed by atoms with Gasteiger partial charge in [0.15, 0.2) is 0 Å². The van der Waals surface area contributed by atoms with E-state index in [1.54, 1.807) is 0 Å². The first-order valence-electron chi connectivity index (χ1n) is 14.8. The maximum absolute atomic E-state index is 14.6. The number of carbonyl (C=O) groups is 3. The summed E-state index contributed by atoms with van der Waals surface area (Å²) in [7, 11) is 0. The molecule has 8 heteroatoms. The molecule has 1 N–H and O–H groups in total. The number of fused-ring (bicyclic) bond motifs is 2. The van der Waals surface area contributed by atoms with Gasteiger partial charge in [-0.15, -0.1) is 0 Å². The number of aliphatic hydroxyl groups excluding tert-OH is 1. The van der Waals surface area contributed by atoms with Gasteiger partial charge in [0, 0.05) is 12.6 Å². The maximum atomic E-state index is 14.6. The van der Waals surface area contributed by atoms with E-state index < -0.39 is 41.1 Å². The minimum atomic E-state index is -1.37. The molecule has 7 atom stereocenters. The molecule has 216 valence electrons. The van der Waals surface area contributed by atoms with E-state index in [1.165, 1.54) is 4.90 Å². The topological polar surface area (TPSA) is 96.4 Å². The van der Waals surface area contributed by atoms with Gasteiger partial charge in [0.2, 0.25) is 11.8 Å². The molecular formula is C32H42N2O6. The number of ether oxygens (including phenoxy) is 2. The molecule has 4 aliphatic heterocycles. The first kappa shape index (κ1) is 28.6. The molecular weight excluding hydrogens is 508 g/mol. The van der Waals surface area contributed by atoms with Crippen LogP contribution in [0.15, 0.2) is 54.6 Å². The fourth-order valence-electron chi connectivity index (χ4n) is 7.25. The Hall–Kier alpha value is -2.97. The number of rotatable bonds is 7. The number of esters is 1. The van der Waals surface area contributed by atoms with Crippen molar-refractivity contribution in [1.82, 2.24) is 9.80 Å². The normalized spacial score (nSPS) is 34.4. The van der Waals surface area contributed by atoms with Gasteiger partial charge < -0.3 is 24.4 Å². The predicted octanol–water partition coefficient (Wildman–Crippen LogP) is 3.43. The van der Waals surface area contributed by atoms with Crippen molar-refractivity contribution in [2.45, 2.75) is 88.6 Å². The number of aliphatic hydroxyl groups is 1. The summed E-state index contributed by atoms with van der Waals surface area (Å²) in [5, 5.41) is 10.6. The van der Waals surface area contributed by atoms with Crippen LogP contribution >= 0.6 is 0 Å². The molecule has 5 rings (SSSR count). The van der Waals surface area contributed by atoms with Crippen LogP contribution < -0.4 is 0 Å². The van der Waals surface area contributed by atoms with Crippen molar-refractivity contribution >= 4 is 17.8 Å². The molecule has 0 radical (unpaired) electrons. The van der Waals surface area contributed by atoms with Gasteiger partial charge in [0.1, 0.15) is 17.6 Å². The molecule has 0 aliphatic carbocycles. The number of likely N-dealkylation sites (tertiary alicyclic amines) is 1. The number of nitrogens with zero attached hydrogens (tertiary/aromatic N) is 2. The van der Waals surface area contributed by atoms with Gasteiger partial charge in [-0.2, -0.15) is 0 Å². The lowest BCUT2D eigenvalue weighted by molar-refractivity contribution is -0.162. The number of benzene rings is 1. The van der Waals surface area contributed by atoms with Crippen molar-refractivity contribution in [3.8, 4) is 0 Å². The predicted molar refractivity (Wildman–Crippen MR) is 150 cm³/mol. The molecule has 8 nitrogen and oxygen atoms in total. The van der Waals surface area contributed by atoms with E-state index >= 15 is 0 Å². The number of allylic oxidation sites excluding steroid dienone is 1. The van der Waals surface area contributed by atoms with Gasteiger partial charge in [-0.1, -0.05) is 68.0 Å². The van der Waals surface area contributed by atoms with Gasteiger partial charge in [-0.3, -0.25) is 14.4 Å². The fourth-order valence-corrected chi connectivity index (χ4v) is 7.25. The second-order valence-corrected chi connectivity index (χ2v) is 11.9. The molecule has 1 spiro atoms. The summed E-state index contributed by atoms with van der Waals surface area (Å²) in [5.41, 5.74) is -1.54. The average molecular weight is 551 g/mol. The van der Waals surface area contributed by atoms with Crippen LogP contribution in [0.4, 0.5) is 0 Å². The molecule has 1 aromatic rings. The average Bonchev–Trinajstić information content (AvgIpc) is 3.27. The molecule has 2 amide bonds. The van der Waals surface area contributed by atoms with Crippen LogP contribution in [-0.2, 0) is 30.3 Å². The van der Waals surface area contributed by atoms with Crippen molar-refractivity contribution < 1.29 is 29.0 Å². The maximum Gasteiger partial charge on any atom is 0.313 e. The van der Waals surface area contributed by atoms with Gasteiger partial charge in [-0.25, -0.2) is 0 Å². The Balaban J connectivity index is 1.64. The lowest BCUT2D eigenvalue weighted by atomic mass is 9.74. The summed E-state index contributed by atoms with van der Waals surface area (Å²) in [6.45, 7) is 6.28. The summed E-state index contributed by atoms with van der Waals surface area (Å²) < 4.78 is 12.6. The third-order valence-electron chi connectivity index (χ3n) is 9.13. The summed E-state index contributed by atoms with van der Waals surface area (Å²) in [6.07, 6.45) is 12.2. The van der Waals surface area contributed by atoms with Crippen LogP contribution in [-0.4, -0.2) is 81.8 Å². The second kappa shape index (κ2) is 11.5. The summed E-state index contributed by atoms with van der Waals surface area (Å²) in [5.74, 6) is -2.91. The van der Waals surface area contributed by atoms with Crippen molar-refractivity contribution in [2.75, 3.05) is 19.8 Å². The Morgan fingerprint density at radius 1 is 1.05 bits per heavy atom. The van der Waals surface area contributed by atoms with Crippen LogP contribution in [0.1, 0.15) is 58.4 Å². The minimum absolute atomic E-state index is 0.0439. The molecule has 0 saturated carbocycles. The Morgan fingerprint density at radius 2 is 1.82 bits per heavy atom. The lowest BCUT2D eigenvalue weighted by Gasteiger charge is -2.41. The number of hydrogen-bond donors (Lipinski definition) is 1. The van der Waals surface area contributed by atoms with Gasteiger partial charge in [0.05, 0.1) is 30.8 Å². The van der Waals surface area contributed by atoms with Crippen molar-refractivity contribution in [2.24, 2.45) is 11.8 Å². The van der Waals surface area contributed by atoms with Crippen LogP contribution in [0.3, 0.4) is 0 Å². The van der Waals surface area contributed by atoms with E-state index in [9.17, 15) is 19.5 Å². The van der Waals surface area contributed by atoms with E-state index in [2.05, 4.69) is 6.92 Å². The largest absolute Gasteiger partial charge is 0.465 e. The smallest absolute Gasteiger partial charge is 0.313 e. The van der Waals surface area contributed by atoms with Gasteiger partial charge in [0.25, 0.3) is 0 Å². The van der Waals surface area contributed by atoms with E-state index in [4.69, 9.17) is 9.47 Å². The van der Waals surface area contributed by atoms with Crippen LogP contribution in [0.25, 0.3) is 0 Å². The Labute approximate surface area is 237 Å². The fraction of sp³-hybridized carbons (Fsp3) is 0.594. The zero-order valence-electron chi connectivity index (χ0n) is 23.8. The van der Waals surface area contributed by atoms with Crippen molar-refractivity contribution in [3.05, 3.63) is 60.2 Å². The minimum Gasteiger partial charge on any atom is -0.465 e. The third-order valence-corrected chi connectivity index (χ3v) is 9.13. The van der Waals surface area contributed by atoms with Crippen LogP contribution in [0.5, 0.6) is 0 Å². The first-order chi connectivity index (χ1) is 19.3. The monoisotopic (exact) mass is 550 g/mol. The molecule has 4 aliphatic rings. The third kappa shape index (κ3) is 4.79. The van der Waals surface area contributed by atoms with E-state index in [0.29, 0.717) is 13.0 Å². The number of amides is 2. The number of carbonyl (C=O) groups excluding carboxylic acids is 3. The molecule has 0 bridgehead atoms. The zero-order chi connectivity index (χ0) is 28.5. The second-order valence-electron chi connectivity index (χ2n) is 11.9. The molecule has 1 aromatic carbocycles. The molecule has 0 aromatic heterocycles. The molecule has 40 heavy (non-hydrogen) atoms. The standard InChI is InChI=1S/C32H42N2O6/c1-4-13-22(2)33-18-12-17-32-25(26-30(38)39-19-11-6-5-10-16-31(26,3)40-32)28(36)34(27(32)29(33)37)24(21-35)20-23-14-8-7-9-15-23/h7-10,12,14-17,22,24-27,35H,4-6,11,13,18-21H2,1-3H3/b16-10-/t22?,24-,25+,26-,27?,31+,32+/m1/s1. The van der Waals surface area contributed by atoms with Gasteiger partial charge >= 0.3 is 5.97 Å².